The fraction of sp³-hybridized carbons (Fsp3) is 0.444. The van der Waals surface area contributed by atoms with Gasteiger partial charge in [-0.3, -0.25) is 14.4 Å². The van der Waals surface area contributed by atoms with Crippen LogP contribution in [0.15, 0.2) is 24.3 Å². The Bertz CT molecular complexity index is 709. The van der Waals surface area contributed by atoms with Crippen LogP contribution in [0.5, 0.6) is 0 Å². The van der Waals surface area contributed by atoms with E-state index in [1.165, 1.54) is 11.8 Å². The summed E-state index contributed by atoms with van der Waals surface area (Å²) in [5.41, 5.74) is 0.673. The second-order valence-corrected chi connectivity index (χ2v) is 8.06. The molecular weight excluding hydrogens is 372 g/mol. The van der Waals surface area contributed by atoms with E-state index in [2.05, 4.69) is 11.8 Å². The van der Waals surface area contributed by atoms with Gasteiger partial charge in [-0.05, 0) is 30.9 Å². The smallest absolute Gasteiger partial charge is 0.318 e. The number of piperidine rings is 1. The van der Waals surface area contributed by atoms with Crippen LogP contribution in [0.25, 0.3) is 0 Å². The molecule has 0 atom stereocenters. The van der Waals surface area contributed by atoms with Crippen LogP contribution in [0, 0.1) is 5.92 Å². The number of nitrogens with zero attached hydrogens (tertiary/aromatic N) is 2. The third-order valence-electron chi connectivity index (χ3n) is 4.59. The van der Waals surface area contributed by atoms with Gasteiger partial charge >= 0.3 is 5.97 Å². The topological polar surface area (TPSA) is 66.9 Å². The van der Waals surface area contributed by atoms with Crippen molar-refractivity contribution in [3.63, 3.8) is 0 Å². The molecule has 0 aliphatic carbocycles. The van der Waals surface area contributed by atoms with Crippen LogP contribution in [0.2, 0.25) is 0 Å². The Morgan fingerprint density at radius 2 is 1.77 bits per heavy atom. The Labute approximate surface area is 161 Å². The number of likely N-dealkylation sites (tertiary alicyclic amines) is 1. The number of amides is 2. The highest BCUT2D eigenvalue weighted by molar-refractivity contribution is 8.23. The minimum Gasteiger partial charge on any atom is -0.443 e. The molecule has 1 fully saturated rings. The number of rotatable bonds is 4. The van der Waals surface area contributed by atoms with Crippen molar-refractivity contribution in [2.24, 2.45) is 5.92 Å². The summed E-state index contributed by atoms with van der Waals surface area (Å²) in [7, 11) is 0. The second-order valence-electron chi connectivity index (χ2n) is 6.45. The quantitative estimate of drug-likeness (QED) is 0.443. The summed E-state index contributed by atoms with van der Waals surface area (Å²) in [4.78, 5) is 39.4. The third-order valence-corrected chi connectivity index (χ3v) is 6.09. The Balaban J connectivity index is 1.44. The molecule has 6 nitrogen and oxygen atoms in total. The summed E-state index contributed by atoms with van der Waals surface area (Å²) in [5.74, 6) is -0.607. The lowest BCUT2D eigenvalue weighted by Gasteiger charge is -2.31. The predicted octanol–water partition coefficient (Wildman–Crippen LogP) is 2.53. The van der Waals surface area contributed by atoms with Crippen LogP contribution in [-0.2, 0) is 9.53 Å². The van der Waals surface area contributed by atoms with Gasteiger partial charge in [-0.25, -0.2) is 4.90 Å². The number of hydrogen-bond acceptors (Lipinski definition) is 6. The summed E-state index contributed by atoms with van der Waals surface area (Å²) in [5, 5.41) is 0. The number of hydrogen-bond donors (Lipinski definition) is 0. The Kier molecular flexibility index (Phi) is 5.93. The average Bonchev–Trinajstić information content (AvgIpc) is 2.89. The predicted molar refractivity (Wildman–Crippen MR) is 103 cm³/mol. The molecule has 1 aromatic rings. The van der Waals surface area contributed by atoms with Gasteiger partial charge in [0.15, 0.2) is 6.73 Å². The highest BCUT2D eigenvalue weighted by Crippen LogP contribution is 2.23. The molecule has 3 rings (SSSR count). The van der Waals surface area contributed by atoms with Gasteiger partial charge in [0, 0.05) is 13.1 Å². The molecule has 0 bridgehead atoms. The van der Waals surface area contributed by atoms with Gasteiger partial charge < -0.3 is 9.64 Å². The SMILES string of the molecule is CC1CCN(C(=S)SCC(=O)OCN2C(=O)c3ccccc3C2=O)CC1. The molecule has 0 saturated carbocycles. The molecule has 1 saturated heterocycles. The zero-order valence-electron chi connectivity index (χ0n) is 14.5. The van der Waals surface area contributed by atoms with Crippen molar-refractivity contribution in [3.8, 4) is 0 Å². The summed E-state index contributed by atoms with van der Waals surface area (Å²) >= 11 is 6.63. The standard InChI is InChI=1S/C18H20N2O4S2/c1-12-6-8-19(9-7-12)18(25)26-10-15(21)24-11-20-16(22)13-4-2-3-5-14(13)17(20)23/h2-5,12H,6-11H2,1H3. The number of thioether (sulfide) groups is 1. The largest absolute Gasteiger partial charge is 0.443 e. The number of carbonyl (C=O) groups excluding carboxylic acids is 3. The third kappa shape index (κ3) is 4.07. The van der Waals surface area contributed by atoms with Crippen molar-refractivity contribution < 1.29 is 19.1 Å². The number of fused-ring (bicyclic) bond motifs is 1. The Hall–Kier alpha value is -1.93. The highest BCUT2D eigenvalue weighted by atomic mass is 32.2. The van der Waals surface area contributed by atoms with Crippen molar-refractivity contribution in [2.45, 2.75) is 19.8 Å². The first kappa shape index (κ1) is 18.8. The van der Waals surface area contributed by atoms with E-state index >= 15 is 0 Å². The van der Waals surface area contributed by atoms with Crippen molar-refractivity contribution in [1.29, 1.82) is 0 Å². The van der Waals surface area contributed by atoms with E-state index in [0.717, 1.165) is 30.8 Å². The lowest BCUT2D eigenvalue weighted by Crippen LogP contribution is -2.36. The lowest BCUT2D eigenvalue weighted by atomic mass is 10.00. The highest BCUT2D eigenvalue weighted by Gasteiger charge is 2.35. The molecule has 0 N–H and O–H groups in total. The molecule has 0 spiro atoms. The van der Waals surface area contributed by atoms with Gasteiger partial charge in [-0.1, -0.05) is 43.0 Å². The van der Waals surface area contributed by atoms with E-state index in [1.807, 2.05) is 0 Å². The number of ether oxygens (including phenoxy) is 1. The summed E-state index contributed by atoms with van der Waals surface area (Å²) in [6.45, 7) is 3.68. The van der Waals surface area contributed by atoms with Crippen LogP contribution in [0.3, 0.4) is 0 Å². The summed E-state index contributed by atoms with van der Waals surface area (Å²) in [6.07, 6.45) is 2.20. The van der Waals surface area contributed by atoms with E-state index < -0.39 is 17.8 Å². The summed E-state index contributed by atoms with van der Waals surface area (Å²) < 4.78 is 5.79. The van der Waals surface area contributed by atoms with E-state index in [9.17, 15) is 14.4 Å². The minimum absolute atomic E-state index is 0.0635. The molecule has 0 radical (unpaired) electrons. The number of imide groups is 1. The van der Waals surface area contributed by atoms with Crippen LogP contribution < -0.4 is 0 Å². The monoisotopic (exact) mass is 392 g/mol. The van der Waals surface area contributed by atoms with E-state index in [-0.39, 0.29) is 12.5 Å². The van der Waals surface area contributed by atoms with Gasteiger partial charge in [-0.2, -0.15) is 0 Å². The van der Waals surface area contributed by atoms with Gasteiger partial charge in [0.25, 0.3) is 11.8 Å². The fourth-order valence-corrected chi connectivity index (χ4v) is 3.99. The normalized spacial score (nSPS) is 17.4. The molecule has 2 aliphatic rings. The molecule has 138 valence electrons. The average molecular weight is 393 g/mol. The first-order valence-electron chi connectivity index (χ1n) is 8.50. The second kappa shape index (κ2) is 8.18. The van der Waals surface area contributed by atoms with Crippen molar-refractivity contribution in [3.05, 3.63) is 35.4 Å². The van der Waals surface area contributed by atoms with Crippen molar-refractivity contribution in [1.82, 2.24) is 9.80 Å². The van der Waals surface area contributed by atoms with Crippen LogP contribution in [0.1, 0.15) is 40.5 Å². The van der Waals surface area contributed by atoms with Gasteiger partial charge in [-0.15, -0.1) is 0 Å². The van der Waals surface area contributed by atoms with Crippen LogP contribution >= 0.6 is 24.0 Å². The molecule has 0 unspecified atom stereocenters. The molecule has 2 heterocycles. The lowest BCUT2D eigenvalue weighted by molar-refractivity contribution is -0.142. The molecule has 1 aromatic carbocycles. The molecule has 2 aliphatic heterocycles. The number of esters is 1. The maximum absolute atomic E-state index is 12.2. The molecule has 2 amide bonds. The first-order chi connectivity index (χ1) is 12.5. The first-order valence-corrected chi connectivity index (χ1v) is 9.89. The number of benzene rings is 1. The Morgan fingerprint density at radius 3 is 2.35 bits per heavy atom. The molecular formula is C18H20N2O4S2. The van der Waals surface area contributed by atoms with Crippen molar-refractivity contribution in [2.75, 3.05) is 25.6 Å². The summed E-state index contributed by atoms with van der Waals surface area (Å²) in [6, 6.07) is 6.56. The van der Waals surface area contributed by atoms with Crippen molar-refractivity contribution >= 4 is 46.1 Å². The maximum atomic E-state index is 12.2. The fourth-order valence-electron chi connectivity index (χ4n) is 2.94. The van der Waals surface area contributed by atoms with Gasteiger partial charge in [0.2, 0.25) is 0 Å². The number of carbonyl (C=O) groups is 3. The molecule has 26 heavy (non-hydrogen) atoms. The van der Waals surface area contributed by atoms with Crippen LogP contribution in [0.4, 0.5) is 0 Å². The van der Waals surface area contributed by atoms with E-state index in [0.29, 0.717) is 21.4 Å². The van der Waals surface area contributed by atoms with Gasteiger partial charge in [0.1, 0.15) is 4.32 Å². The molecule has 8 heteroatoms. The molecule has 0 aromatic heterocycles. The maximum Gasteiger partial charge on any atom is 0.318 e. The van der Waals surface area contributed by atoms with Gasteiger partial charge in [0.05, 0.1) is 16.9 Å². The zero-order valence-corrected chi connectivity index (χ0v) is 16.1. The Morgan fingerprint density at radius 1 is 1.19 bits per heavy atom. The van der Waals surface area contributed by atoms with E-state index in [4.69, 9.17) is 17.0 Å². The van der Waals surface area contributed by atoms with E-state index in [1.54, 1.807) is 24.3 Å². The minimum atomic E-state index is -0.501. The zero-order chi connectivity index (χ0) is 18.7. The van der Waals surface area contributed by atoms with Crippen LogP contribution in [-0.4, -0.2) is 57.5 Å². The number of thiocarbonyl (C=S) groups is 1.